The van der Waals surface area contributed by atoms with Gasteiger partial charge in [-0.15, -0.1) is 0 Å². The summed E-state index contributed by atoms with van der Waals surface area (Å²) in [6.45, 7) is 6.06. The van der Waals surface area contributed by atoms with Crippen molar-refractivity contribution in [1.82, 2.24) is 14.8 Å². The molecular formula is C22H31N3O2. The van der Waals surface area contributed by atoms with Crippen molar-refractivity contribution >= 4 is 5.91 Å². The van der Waals surface area contributed by atoms with Crippen LogP contribution in [0, 0.1) is 12.8 Å². The standard InChI is InChI=1S/C22H31N3O2/c1-17-21(10-12-23-17)22(26)24(2)15-19-5-4-13-25(16-19)14-11-18-6-8-20(27-3)9-7-18/h6-10,12,19,23H,4-5,11,13-16H2,1-3H3/t19-/m0/s1. The Hall–Kier alpha value is -2.27. The lowest BCUT2D eigenvalue weighted by Gasteiger charge is -2.34. The highest BCUT2D eigenvalue weighted by atomic mass is 16.5. The van der Waals surface area contributed by atoms with Crippen molar-refractivity contribution in [3.05, 3.63) is 53.3 Å². The molecule has 1 aromatic carbocycles. The Labute approximate surface area is 162 Å². The summed E-state index contributed by atoms with van der Waals surface area (Å²) in [4.78, 5) is 20.1. The average Bonchev–Trinajstić information content (AvgIpc) is 3.12. The summed E-state index contributed by atoms with van der Waals surface area (Å²) < 4.78 is 5.22. The zero-order chi connectivity index (χ0) is 19.2. The van der Waals surface area contributed by atoms with Crippen molar-refractivity contribution in [1.29, 1.82) is 0 Å². The monoisotopic (exact) mass is 369 g/mol. The molecule has 0 unspecified atom stereocenters. The second-order valence-corrected chi connectivity index (χ2v) is 7.61. The van der Waals surface area contributed by atoms with Crippen LogP contribution in [0.4, 0.5) is 0 Å². The topological polar surface area (TPSA) is 48.6 Å². The minimum atomic E-state index is 0.115. The average molecular weight is 370 g/mol. The summed E-state index contributed by atoms with van der Waals surface area (Å²) in [5.74, 6) is 1.56. The summed E-state index contributed by atoms with van der Waals surface area (Å²) in [5.41, 5.74) is 3.06. The van der Waals surface area contributed by atoms with E-state index in [4.69, 9.17) is 4.74 Å². The SMILES string of the molecule is COc1ccc(CCN2CCC[C@@H](CN(C)C(=O)c3cc[nH]c3C)C2)cc1. The molecule has 5 heteroatoms. The maximum atomic E-state index is 12.6. The van der Waals surface area contributed by atoms with E-state index in [0.29, 0.717) is 5.92 Å². The van der Waals surface area contributed by atoms with Crippen LogP contribution in [-0.4, -0.2) is 61.0 Å². The molecule has 1 aliphatic heterocycles. The molecular weight excluding hydrogens is 338 g/mol. The predicted molar refractivity (Wildman–Crippen MR) is 108 cm³/mol. The lowest BCUT2D eigenvalue weighted by Crippen LogP contribution is -2.42. The Morgan fingerprint density at radius 2 is 2.07 bits per heavy atom. The number of carbonyl (C=O) groups is 1. The van der Waals surface area contributed by atoms with E-state index >= 15 is 0 Å². The fourth-order valence-corrected chi connectivity index (χ4v) is 3.94. The molecule has 0 bridgehead atoms. The number of hydrogen-bond acceptors (Lipinski definition) is 3. The van der Waals surface area contributed by atoms with Gasteiger partial charge in [-0.2, -0.15) is 0 Å². The molecule has 146 valence electrons. The van der Waals surface area contributed by atoms with Crippen molar-refractivity contribution in [3.63, 3.8) is 0 Å². The van der Waals surface area contributed by atoms with Gasteiger partial charge in [0.2, 0.25) is 0 Å². The highest BCUT2D eigenvalue weighted by Gasteiger charge is 2.23. The molecule has 1 atom stereocenters. The van der Waals surface area contributed by atoms with Gasteiger partial charge < -0.3 is 19.5 Å². The third-order valence-corrected chi connectivity index (χ3v) is 5.54. The number of likely N-dealkylation sites (tertiary alicyclic amines) is 1. The molecule has 1 amide bonds. The van der Waals surface area contributed by atoms with Gasteiger partial charge in [-0.25, -0.2) is 0 Å². The number of carbonyl (C=O) groups excluding carboxylic acids is 1. The molecule has 0 saturated carbocycles. The smallest absolute Gasteiger partial charge is 0.255 e. The first-order valence-electron chi connectivity index (χ1n) is 9.81. The number of nitrogens with one attached hydrogen (secondary N) is 1. The van der Waals surface area contributed by atoms with Gasteiger partial charge in [-0.1, -0.05) is 12.1 Å². The normalized spacial score (nSPS) is 17.7. The summed E-state index contributed by atoms with van der Waals surface area (Å²) in [6.07, 6.45) is 5.28. The predicted octanol–water partition coefficient (Wildman–Crippen LogP) is 3.36. The van der Waals surface area contributed by atoms with E-state index in [1.54, 1.807) is 7.11 Å². The van der Waals surface area contributed by atoms with Crippen LogP contribution in [0.2, 0.25) is 0 Å². The van der Waals surface area contributed by atoms with Crippen molar-refractivity contribution in [3.8, 4) is 5.75 Å². The number of H-pyrrole nitrogens is 1. The van der Waals surface area contributed by atoms with Gasteiger partial charge in [-0.3, -0.25) is 4.79 Å². The fraction of sp³-hybridized carbons (Fsp3) is 0.500. The number of nitrogens with zero attached hydrogens (tertiary/aromatic N) is 2. The molecule has 1 saturated heterocycles. The third kappa shape index (κ3) is 5.13. The van der Waals surface area contributed by atoms with Crippen LogP contribution in [0.1, 0.15) is 34.5 Å². The van der Waals surface area contributed by atoms with Crippen LogP contribution < -0.4 is 4.74 Å². The highest BCUT2D eigenvalue weighted by molar-refractivity contribution is 5.95. The van der Waals surface area contributed by atoms with Gasteiger partial charge in [-0.05, 0) is 62.4 Å². The van der Waals surface area contributed by atoms with Crippen molar-refractivity contribution in [2.75, 3.05) is 40.3 Å². The second kappa shape index (κ2) is 9.09. The van der Waals surface area contributed by atoms with Crippen LogP contribution in [0.15, 0.2) is 36.5 Å². The van der Waals surface area contributed by atoms with Crippen molar-refractivity contribution < 1.29 is 9.53 Å². The number of ether oxygens (including phenoxy) is 1. The number of benzene rings is 1. The summed E-state index contributed by atoms with van der Waals surface area (Å²) >= 11 is 0. The molecule has 2 heterocycles. The largest absolute Gasteiger partial charge is 0.497 e. The van der Waals surface area contributed by atoms with Gasteiger partial charge in [0, 0.05) is 38.6 Å². The quantitative estimate of drug-likeness (QED) is 0.814. The van der Waals surface area contributed by atoms with Gasteiger partial charge in [0.1, 0.15) is 5.75 Å². The summed E-state index contributed by atoms with van der Waals surface area (Å²) in [5, 5.41) is 0. The molecule has 2 aromatic rings. The number of methoxy groups -OCH3 is 1. The minimum absolute atomic E-state index is 0.115. The molecule has 1 aromatic heterocycles. The van der Waals surface area contributed by atoms with E-state index in [0.717, 1.165) is 49.6 Å². The van der Waals surface area contributed by atoms with Crippen LogP contribution in [-0.2, 0) is 6.42 Å². The number of hydrogen-bond donors (Lipinski definition) is 1. The Kier molecular flexibility index (Phi) is 6.56. The first kappa shape index (κ1) is 19.5. The van der Waals surface area contributed by atoms with E-state index in [1.807, 2.05) is 43.3 Å². The van der Waals surface area contributed by atoms with Gasteiger partial charge in [0.15, 0.2) is 0 Å². The van der Waals surface area contributed by atoms with Gasteiger partial charge in [0.25, 0.3) is 5.91 Å². The van der Waals surface area contributed by atoms with Crippen molar-refractivity contribution in [2.24, 2.45) is 5.92 Å². The lowest BCUT2D eigenvalue weighted by atomic mass is 9.96. The summed E-state index contributed by atoms with van der Waals surface area (Å²) in [6, 6.07) is 10.2. The number of aromatic amines is 1. The molecule has 1 aliphatic rings. The second-order valence-electron chi connectivity index (χ2n) is 7.61. The van der Waals surface area contributed by atoms with Crippen LogP contribution in [0.3, 0.4) is 0 Å². The maximum absolute atomic E-state index is 12.6. The van der Waals surface area contributed by atoms with E-state index in [-0.39, 0.29) is 5.91 Å². The third-order valence-electron chi connectivity index (χ3n) is 5.54. The first-order valence-corrected chi connectivity index (χ1v) is 9.81. The van der Waals surface area contributed by atoms with E-state index in [9.17, 15) is 4.79 Å². The zero-order valence-electron chi connectivity index (χ0n) is 16.7. The lowest BCUT2D eigenvalue weighted by molar-refractivity contribution is 0.0730. The number of rotatable bonds is 7. The maximum Gasteiger partial charge on any atom is 0.255 e. The van der Waals surface area contributed by atoms with Gasteiger partial charge >= 0.3 is 0 Å². The minimum Gasteiger partial charge on any atom is -0.497 e. The first-order chi connectivity index (χ1) is 13.1. The number of aromatic nitrogens is 1. The number of piperidine rings is 1. The van der Waals surface area contributed by atoms with Crippen LogP contribution in [0.25, 0.3) is 0 Å². The Balaban J connectivity index is 1.48. The summed E-state index contributed by atoms with van der Waals surface area (Å²) in [7, 11) is 3.62. The van der Waals surface area contributed by atoms with E-state index < -0.39 is 0 Å². The molecule has 0 radical (unpaired) electrons. The fourth-order valence-electron chi connectivity index (χ4n) is 3.94. The molecule has 27 heavy (non-hydrogen) atoms. The van der Waals surface area contributed by atoms with E-state index in [2.05, 4.69) is 22.0 Å². The Morgan fingerprint density at radius 3 is 2.74 bits per heavy atom. The zero-order valence-corrected chi connectivity index (χ0v) is 16.7. The Morgan fingerprint density at radius 1 is 1.30 bits per heavy atom. The molecule has 1 fully saturated rings. The van der Waals surface area contributed by atoms with Crippen LogP contribution in [0.5, 0.6) is 5.75 Å². The molecule has 3 rings (SSSR count). The molecule has 0 spiro atoms. The molecule has 0 aliphatic carbocycles. The van der Waals surface area contributed by atoms with E-state index in [1.165, 1.54) is 18.4 Å². The number of amides is 1. The van der Waals surface area contributed by atoms with Crippen molar-refractivity contribution in [2.45, 2.75) is 26.2 Å². The van der Waals surface area contributed by atoms with Gasteiger partial charge in [0.05, 0.1) is 12.7 Å². The highest BCUT2D eigenvalue weighted by Crippen LogP contribution is 2.20. The number of aryl methyl sites for hydroxylation is 1. The molecule has 1 N–H and O–H groups in total. The Bertz CT molecular complexity index is 738. The molecule has 5 nitrogen and oxygen atoms in total. The van der Waals surface area contributed by atoms with Crippen LogP contribution >= 0.6 is 0 Å².